The molecule has 1 saturated heterocycles. The van der Waals surface area contributed by atoms with Gasteiger partial charge < -0.3 is 10.1 Å². The number of nitrogens with one attached hydrogen (secondary N) is 2. The molecule has 1 heterocycles. The second kappa shape index (κ2) is 8.80. The second-order valence-corrected chi connectivity index (χ2v) is 9.95. The van der Waals surface area contributed by atoms with Crippen LogP contribution in [0.1, 0.15) is 21.8 Å². The number of hydrogen-bond donors (Lipinski definition) is 2. The van der Waals surface area contributed by atoms with Gasteiger partial charge in [-0.15, -0.1) is 23.2 Å². The minimum atomic E-state index is -1.35. The van der Waals surface area contributed by atoms with E-state index >= 15 is 0 Å². The van der Waals surface area contributed by atoms with Crippen molar-refractivity contribution in [3.8, 4) is 0 Å². The molecule has 0 aromatic heterocycles. The van der Waals surface area contributed by atoms with Gasteiger partial charge in [-0.05, 0) is 42.0 Å². The van der Waals surface area contributed by atoms with Crippen molar-refractivity contribution in [1.82, 2.24) is 10.4 Å². The van der Waals surface area contributed by atoms with Crippen LogP contribution in [0.15, 0.2) is 36.4 Å². The van der Waals surface area contributed by atoms with Crippen LogP contribution in [0.2, 0.25) is 15.1 Å². The number of alkyl halides is 2. The van der Waals surface area contributed by atoms with E-state index in [1.165, 1.54) is 18.2 Å². The van der Waals surface area contributed by atoms with Crippen molar-refractivity contribution in [2.75, 3.05) is 18.5 Å². The SMILES string of the molecule is O=C(NN1CCOC1=O)c1cc(NC(=O)[C@@H]2[C@@H](c3cc(Cl)cc(Cl)c3)C2(Cl)Cl)ccc1Cl. The Morgan fingerprint density at radius 1 is 1.06 bits per heavy atom. The van der Waals surface area contributed by atoms with Gasteiger partial charge >= 0.3 is 6.09 Å². The summed E-state index contributed by atoms with van der Waals surface area (Å²) in [6, 6.07) is 9.23. The second-order valence-electron chi connectivity index (χ2n) is 7.22. The van der Waals surface area contributed by atoms with Crippen LogP contribution >= 0.6 is 58.0 Å². The van der Waals surface area contributed by atoms with E-state index in [0.717, 1.165) is 5.01 Å². The van der Waals surface area contributed by atoms with Crippen molar-refractivity contribution in [2.24, 2.45) is 5.92 Å². The summed E-state index contributed by atoms with van der Waals surface area (Å²) in [6.07, 6.45) is -0.666. The van der Waals surface area contributed by atoms with Crippen LogP contribution in [0.4, 0.5) is 10.5 Å². The van der Waals surface area contributed by atoms with Gasteiger partial charge in [-0.3, -0.25) is 15.0 Å². The Hall–Kier alpha value is -1.90. The molecule has 2 aromatic carbocycles. The average Bonchev–Trinajstić information content (AvgIpc) is 3.07. The maximum atomic E-state index is 12.9. The van der Waals surface area contributed by atoms with Crippen LogP contribution in [0, 0.1) is 5.92 Å². The summed E-state index contributed by atoms with van der Waals surface area (Å²) in [5.74, 6) is -2.37. The highest BCUT2D eigenvalue weighted by molar-refractivity contribution is 6.53. The standard InChI is InChI=1S/C20H14Cl5N3O4/c21-10-5-9(6-11(22)7-10)15-16(20(15,24)25)18(30)26-12-1-2-14(23)13(8-12)17(29)27-28-3-4-32-19(28)31/h1-2,5-8,15-16H,3-4H2,(H,26,30)(H,27,29)/t15-,16+/m1/s1. The minimum Gasteiger partial charge on any atom is -0.446 e. The molecule has 2 atom stereocenters. The zero-order valence-corrected chi connectivity index (χ0v) is 19.8. The lowest BCUT2D eigenvalue weighted by atomic mass is 10.1. The first-order valence-electron chi connectivity index (χ1n) is 9.27. The summed E-state index contributed by atoms with van der Waals surface area (Å²) in [5, 5.41) is 4.66. The van der Waals surface area contributed by atoms with Gasteiger partial charge in [0.1, 0.15) is 10.9 Å². The Balaban J connectivity index is 1.49. The van der Waals surface area contributed by atoms with Gasteiger partial charge in [-0.25, -0.2) is 9.80 Å². The number of rotatable bonds is 5. The summed E-state index contributed by atoms with van der Waals surface area (Å²) < 4.78 is 3.42. The topological polar surface area (TPSA) is 87.7 Å². The molecular formula is C20H14Cl5N3O4. The van der Waals surface area contributed by atoms with Gasteiger partial charge in [-0.1, -0.05) is 34.8 Å². The van der Waals surface area contributed by atoms with E-state index < -0.39 is 34.1 Å². The van der Waals surface area contributed by atoms with Crippen molar-refractivity contribution >= 4 is 81.6 Å². The third-order valence-electron chi connectivity index (χ3n) is 5.06. The lowest BCUT2D eigenvalue weighted by molar-refractivity contribution is -0.117. The number of ether oxygens (including phenoxy) is 1. The van der Waals surface area contributed by atoms with Crippen LogP contribution in [-0.2, 0) is 9.53 Å². The molecule has 168 valence electrons. The first-order chi connectivity index (χ1) is 15.1. The number of amides is 3. The average molecular weight is 538 g/mol. The van der Waals surface area contributed by atoms with E-state index in [4.69, 9.17) is 62.7 Å². The molecule has 2 aromatic rings. The van der Waals surface area contributed by atoms with Crippen LogP contribution in [0.25, 0.3) is 0 Å². The quantitative estimate of drug-likeness (QED) is 0.509. The maximum Gasteiger partial charge on any atom is 0.428 e. The summed E-state index contributed by atoms with van der Waals surface area (Å²) in [5.41, 5.74) is 3.40. The first kappa shape index (κ1) is 23.3. The highest BCUT2D eigenvalue weighted by Gasteiger charge is 2.67. The lowest BCUT2D eigenvalue weighted by Gasteiger charge is -2.15. The first-order valence-corrected chi connectivity index (χ1v) is 11.2. The fourth-order valence-corrected chi connectivity index (χ4v) is 5.07. The van der Waals surface area contributed by atoms with Crippen molar-refractivity contribution in [3.05, 3.63) is 62.6 Å². The summed E-state index contributed by atoms with van der Waals surface area (Å²) in [7, 11) is 0. The number of halogens is 5. The Kier molecular flexibility index (Phi) is 6.40. The molecule has 32 heavy (non-hydrogen) atoms. The summed E-state index contributed by atoms with van der Waals surface area (Å²) >= 11 is 31.0. The Labute approximate surface area is 207 Å². The molecule has 2 aliphatic rings. The fourth-order valence-electron chi connectivity index (χ4n) is 3.50. The molecule has 0 spiro atoms. The molecule has 1 saturated carbocycles. The highest BCUT2D eigenvalue weighted by atomic mass is 35.5. The third-order valence-corrected chi connectivity index (χ3v) is 6.76. The normalized spacial score (nSPS) is 21.2. The minimum absolute atomic E-state index is 0.0566. The molecule has 3 amide bonds. The molecule has 4 rings (SSSR count). The van der Waals surface area contributed by atoms with Crippen LogP contribution in [0.3, 0.4) is 0 Å². The molecule has 7 nitrogen and oxygen atoms in total. The number of hydrazine groups is 1. The maximum absolute atomic E-state index is 12.9. The van der Waals surface area contributed by atoms with Gasteiger partial charge in [0.2, 0.25) is 5.91 Å². The van der Waals surface area contributed by atoms with Crippen LogP contribution < -0.4 is 10.7 Å². The number of carbonyl (C=O) groups is 3. The zero-order chi connectivity index (χ0) is 23.2. The van der Waals surface area contributed by atoms with E-state index in [2.05, 4.69) is 10.7 Å². The third kappa shape index (κ3) is 4.58. The molecule has 0 unspecified atom stereocenters. The number of carbonyl (C=O) groups excluding carboxylic acids is 3. The summed E-state index contributed by atoms with van der Waals surface area (Å²) in [6.45, 7) is 0.380. The monoisotopic (exact) mass is 535 g/mol. The van der Waals surface area contributed by atoms with E-state index in [9.17, 15) is 14.4 Å². The number of anilines is 1. The van der Waals surface area contributed by atoms with Crippen LogP contribution in [-0.4, -0.2) is 40.4 Å². The molecule has 0 radical (unpaired) electrons. The lowest BCUT2D eigenvalue weighted by Crippen LogP contribution is -2.42. The van der Waals surface area contributed by atoms with E-state index in [0.29, 0.717) is 21.3 Å². The van der Waals surface area contributed by atoms with Crippen molar-refractivity contribution < 1.29 is 19.1 Å². The highest BCUT2D eigenvalue weighted by Crippen LogP contribution is 2.65. The smallest absolute Gasteiger partial charge is 0.428 e. The van der Waals surface area contributed by atoms with E-state index in [1.54, 1.807) is 18.2 Å². The fraction of sp³-hybridized carbons (Fsp3) is 0.250. The predicted molar refractivity (Wildman–Crippen MR) is 123 cm³/mol. The number of benzene rings is 2. The largest absolute Gasteiger partial charge is 0.446 e. The zero-order valence-electron chi connectivity index (χ0n) is 16.0. The molecule has 12 heteroatoms. The molecule has 1 aliphatic heterocycles. The van der Waals surface area contributed by atoms with Crippen molar-refractivity contribution in [2.45, 2.75) is 10.3 Å². The predicted octanol–water partition coefficient (Wildman–Crippen LogP) is 5.27. The molecule has 2 N–H and O–H groups in total. The van der Waals surface area contributed by atoms with Gasteiger partial charge in [-0.2, -0.15) is 0 Å². The number of nitrogens with zero attached hydrogens (tertiary/aromatic N) is 1. The molecule has 2 fully saturated rings. The Bertz CT molecular complexity index is 1110. The van der Waals surface area contributed by atoms with Gasteiger partial charge in [0, 0.05) is 21.7 Å². The Morgan fingerprint density at radius 2 is 1.75 bits per heavy atom. The summed E-state index contributed by atoms with van der Waals surface area (Å²) in [4.78, 5) is 36.9. The Morgan fingerprint density at radius 3 is 2.38 bits per heavy atom. The molecular weight excluding hydrogens is 524 g/mol. The van der Waals surface area contributed by atoms with Gasteiger partial charge in [0.15, 0.2) is 0 Å². The van der Waals surface area contributed by atoms with Gasteiger partial charge in [0.05, 0.1) is 23.0 Å². The molecule has 1 aliphatic carbocycles. The molecule has 0 bridgehead atoms. The van der Waals surface area contributed by atoms with E-state index in [-0.39, 0.29) is 23.7 Å². The number of cyclic esters (lactones) is 1. The van der Waals surface area contributed by atoms with Crippen molar-refractivity contribution in [3.63, 3.8) is 0 Å². The van der Waals surface area contributed by atoms with Crippen molar-refractivity contribution in [1.29, 1.82) is 0 Å². The number of hydrogen-bond acceptors (Lipinski definition) is 4. The van der Waals surface area contributed by atoms with Crippen LogP contribution in [0.5, 0.6) is 0 Å². The van der Waals surface area contributed by atoms with E-state index in [1.807, 2.05) is 0 Å². The van der Waals surface area contributed by atoms with Gasteiger partial charge in [0.25, 0.3) is 5.91 Å².